The quantitative estimate of drug-likeness (QED) is 0.298. The predicted octanol–water partition coefficient (Wildman–Crippen LogP) is 4.91. The fourth-order valence-corrected chi connectivity index (χ4v) is 6.26. The molecule has 1 fully saturated rings. The minimum absolute atomic E-state index is 0.0727. The summed E-state index contributed by atoms with van der Waals surface area (Å²) in [7, 11) is -3.09. The standard InChI is InChI=1S/C31H36Cl2N6O5S/c1-4-43-29-25(20-34-30(36-29)44-5-2)28-35-26(21-6-10-23(32)11-7-21)27(22-8-12-24(33)13-9-22)39(28)31(40)38-16-14-37(15-17-38)18-19-45(3,41)42/h6-13,20,26-27H,4-5,14-19H2,1-3H3/t26-,27+/m1/s1. The number of sulfone groups is 1. The highest BCUT2D eigenvalue weighted by Crippen LogP contribution is 2.45. The molecule has 3 aromatic rings. The summed E-state index contributed by atoms with van der Waals surface area (Å²) in [5, 5.41) is 1.16. The number of rotatable bonds is 10. The molecule has 2 aliphatic rings. The lowest BCUT2D eigenvalue weighted by atomic mass is 9.94. The van der Waals surface area contributed by atoms with Gasteiger partial charge >= 0.3 is 12.0 Å². The molecule has 14 heteroatoms. The van der Waals surface area contributed by atoms with Crippen LogP contribution in [0.15, 0.2) is 59.7 Å². The molecule has 2 aliphatic heterocycles. The maximum Gasteiger partial charge on any atom is 0.326 e. The molecule has 1 aromatic heterocycles. The Bertz CT molecular complexity index is 1630. The Hall–Kier alpha value is -3.45. The van der Waals surface area contributed by atoms with Crippen molar-refractivity contribution in [3.63, 3.8) is 0 Å². The molecular weight excluding hydrogens is 639 g/mol. The number of aliphatic imine (C=N–C) groups is 1. The van der Waals surface area contributed by atoms with E-state index in [0.717, 1.165) is 11.1 Å². The van der Waals surface area contributed by atoms with Gasteiger partial charge < -0.3 is 14.4 Å². The first-order valence-electron chi connectivity index (χ1n) is 14.8. The van der Waals surface area contributed by atoms with Crippen molar-refractivity contribution in [3.8, 4) is 11.9 Å². The van der Waals surface area contributed by atoms with E-state index in [1.807, 2.05) is 38.1 Å². The van der Waals surface area contributed by atoms with Crippen LogP contribution in [-0.4, -0.2) is 103 Å². The fourth-order valence-electron chi connectivity index (χ4n) is 5.41. The van der Waals surface area contributed by atoms with Gasteiger partial charge in [0.05, 0.1) is 30.6 Å². The molecule has 11 nitrogen and oxygen atoms in total. The van der Waals surface area contributed by atoms with Gasteiger partial charge in [-0.1, -0.05) is 47.5 Å². The van der Waals surface area contributed by atoms with Gasteiger partial charge in [0.2, 0.25) is 5.88 Å². The SMILES string of the molecule is CCOc1ncc(C2=N[C@H](c3ccc(Cl)cc3)[C@H](c3ccc(Cl)cc3)N2C(=O)N2CCN(CCS(C)(=O)=O)CC2)c(OCC)n1. The summed E-state index contributed by atoms with van der Waals surface area (Å²) in [6.07, 6.45) is 2.81. The Labute approximate surface area is 273 Å². The topological polar surface area (TPSA) is 118 Å². The monoisotopic (exact) mass is 674 g/mol. The van der Waals surface area contributed by atoms with Crippen molar-refractivity contribution in [2.24, 2.45) is 4.99 Å². The molecule has 3 heterocycles. The maximum atomic E-state index is 14.6. The van der Waals surface area contributed by atoms with E-state index in [1.165, 1.54) is 6.26 Å². The van der Waals surface area contributed by atoms with Gasteiger partial charge in [0.15, 0.2) is 0 Å². The molecule has 2 atom stereocenters. The van der Waals surface area contributed by atoms with Gasteiger partial charge in [-0.25, -0.2) is 18.2 Å². The molecule has 5 rings (SSSR count). The van der Waals surface area contributed by atoms with E-state index in [4.69, 9.17) is 37.7 Å². The van der Waals surface area contributed by atoms with E-state index in [0.29, 0.717) is 67.4 Å². The van der Waals surface area contributed by atoms with E-state index in [9.17, 15) is 13.2 Å². The van der Waals surface area contributed by atoms with Crippen LogP contribution in [0, 0.1) is 0 Å². The summed E-state index contributed by atoms with van der Waals surface area (Å²) in [6, 6.07) is 13.7. The summed E-state index contributed by atoms with van der Waals surface area (Å²) in [6.45, 7) is 6.75. The van der Waals surface area contributed by atoms with Crippen LogP contribution >= 0.6 is 23.2 Å². The van der Waals surface area contributed by atoms with Gasteiger partial charge in [0.1, 0.15) is 21.7 Å². The number of amidine groups is 1. The minimum Gasteiger partial charge on any atom is -0.477 e. The Morgan fingerprint density at radius 1 is 0.911 bits per heavy atom. The molecule has 0 bridgehead atoms. The highest BCUT2D eigenvalue weighted by Gasteiger charge is 2.45. The number of piperazine rings is 1. The Morgan fingerprint density at radius 3 is 2.09 bits per heavy atom. The highest BCUT2D eigenvalue weighted by molar-refractivity contribution is 7.90. The molecular formula is C31H36Cl2N6O5S. The number of hydrogen-bond donors (Lipinski definition) is 0. The lowest BCUT2D eigenvalue weighted by Gasteiger charge is -2.39. The van der Waals surface area contributed by atoms with Crippen molar-refractivity contribution in [1.82, 2.24) is 24.7 Å². The number of amides is 2. The summed E-state index contributed by atoms with van der Waals surface area (Å²) in [5.41, 5.74) is 2.15. The molecule has 0 spiro atoms. The van der Waals surface area contributed by atoms with Crippen LogP contribution in [0.2, 0.25) is 10.0 Å². The third kappa shape index (κ3) is 7.86. The first kappa shape index (κ1) is 32.9. The number of nitrogens with zero attached hydrogens (tertiary/aromatic N) is 6. The van der Waals surface area contributed by atoms with Gasteiger partial charge in [-0.05, 0) is 49.2 Å². The third-order valence-corrected chi connectivity index (χ3v) is 9.07. The zero-order chi connectivity index (χ0) is 32.1. The molecule has 240 valence electrons. The molecule has 45 heavy (non-hydrogen) atoms. The third-order valence-electron chi connectivity index (χ3n) is 7.64. The number of ether oxygens (including phenoxy) is 2. The van der Waals surface area contributed by atoms with Gasteiger partial charge in [-0.2, -0.15) is 4.98 Å². The van der Waals surface area contributed by atoms with Crippen LogP contribution in [-0.2, 0) is 9.84 Å². The average molecular weight is 676 g/mol. The Balaban J connectivity index is 1.58. The van der Waals surface area contributed by atoms with Crippen LogP contribution < -0.4 is 9.47 Å². The highest BCUT2D eigenvalue weighted by atomic mass is 35.5. The number of carbonyl (C=O) groups is 1. The van der Waals surface area contributed by atoms with E-state index in [2.05, 4.69) is 14.9 Å². The number of carbonyl (C=O) groups excluding carboxylic acids is 1. The maximum absolute atomic E-state index is 14.6. The van der Waals surface area contributed by atoms with Crippen molar-refractivity contribution < 1.29 is 22.7 Å². The number of urea groups is 1. The van der Waals surface area contributed by atoms with E-state index in [-0.39, 0.29) is 23.7 Å². The molecule has 0 unspecified atom stereocenters. The molecule has 2 aromatic carbocycles. The molecule has 0 saturated carbocycles. The Kier molecular flexibility index (Phi) is 10.5. The van der Waals surface area contributed by atoms with Gasteiger partial charge in [-0.15, -0.1) is 0 Å². The van der Waals surface area contributed by atoms with Gasteiger partial charge in [0.25, 0.3) is 0 Å². The number of benzene rings is 2. The number of halogens is 2. The fraction of sp³-hybridized carbons (Fsp3) is 0.419. The Morgan fingerprint density at radius 2 is 1.51 bits per heavy atom. The van der Waals surface area contributed by atoms with Crippen LogP contribution in [0.5, 0.6) is 11.9 Å². The largest absolute Gasteiger partial charge is 0.477 e. The second kappa shape index (κ2) is 14.3. The zero-order valence-corrected chi connectivity index (χ0v) is 27.7. The van der Waals surface area contributed by atoms with E-state index < -0.39 is 21.9 Å². The number of aromatic nitrogens is 2. The average Bonchev–Trinajstić information content (AvgIpc) is 3.41. The van der Waals surface area contributed by atoms with Crippen LogP contribution in [0.3, 0.4) is 0 Å². The molecule has 1 saturated heterocycles. The van der Waals surface area contributed by atoms with Crippen molar-refractivity contribution in [3.05, 3.63) is 81.5 Å². The van der Waals surface area contributed by atoms with Crippen molar-refractivity contribution in [2.75, 3.05) is 57.9 Å². The van der Waals surface area contributed by atoms with Crippen LogP contribution in [0.25, 0.3) is 0 Å². The van der Waals surface area contributed by atoms with Crippen molar-refractivity contribution >= 4 is 44.9 Å². The second-order valence-electron chi connectivity index (χ2n) is 10.8. The predicted molar refractivity (Wildman–Crippen MR) is 174 cm³/mol. The summed E-state index contributed by atoms with van der Waals surface area (Å²) in [5.74, 6) is 0.694. The van der Waals surface area contributed by atoms with Crippen molar-refractivity contribution in [1.29, 1.82) is 0 Å². The molecule has 0 radical (unpaired) electrons. The van der Waals surface area contributed by atoms with E-state index in [1.54, 1.807) is 40.3 Å². The van der Waals surface area contributed by atoms with Crippen molar-refractivity contribution in [2.45, 2.75) is 25.9 Å². The lowest BCUT2D eigenvalue weighted by Crippen LogP contribution is -2.54. The second-order valence-corrected chi connectivity index (χ2v) is 13.9. The normalized spacial score (nSPS) is 19.0. The summed E-state index contributed by atoms with van der Waals surface area (Å²) in [4.78, 5) is 34.2. The first-order chi connectivity index (χ1) is 21.6. The van der Waals surface area contributed by atoms with Gasteiger partial charge in [-0.3, -0.25) is 14.8 Å². The number of hydrogen-bond acceptors (Lipinski definition) is 9. The van der Waals surface area contributed by atoms with Gasteiger partial charge in [0, 0.05) is 55.2 Å². The van der Waals surface area contributed by atoms with Crippen LogP contribution in [0.1, 0.15) is 42.6 Å². The van der Waals surface area contributed by atoms with Crippen LogP contribution in [0.4, 0.5) is 4.79 Å². The minimum atomic E-state index is -3.09. The first-order valence-corrected chi connectivity index (χ1v) is 17.6. The zero-order valence-electron chi connectivity index (χ0n) is 25.4. The smallest absolute Gasteiger partial charge is 0.326 e. The molecule has 0 N–H and O–H groups in total. The lowest BCUT2D eigenvalue weighted by molar-refractivity contribution is 0.122. The molecule has 2 amide bonds. The van der Waals surface area contributed by atoms with E-state index >= 15 is 0 Å². The molecule has 0 aliphatic carbocycles. The summed E-state index contributed by atoms with van der Waals surface area (Å²) >= 11 is 12.5. The summed E-state index contributed by atoms with van der Waals surface area (Å²) < 4.78 is 34.9.